The second-order valence-electron chi connectivity index (χ2n) is 7.69. The molecule has 5 rings (SSSR count). The van der Waals surface area contributed by atoms with Crippen molar-refractivity contribution in [2.45, 2.75) is 31.8 Å². The first-order chi connectivity index (χ1) is 16.3. The number of likely N-dealkylation sites (tertiary alicyclic amines) is 1. The number of H-pyrrole nitrogens is 2. The number of hydrogen-bond donors (Lipinski definition) is 2. The highest BCUT2D eigenvalue weighted by Crippen LogP contribution is 2.26. The van der Waals surface area contributed by atoms with Gasteiger partial charge >= 0.3 is 11.4 Å². The lowest BCUT2D eigenvalue weighted by molar-refractivity contribution is 0.183. The first-order valence-electron chi connectivity index (χ1n) is 12.1. The Morgan fingerprint density at radius 3 is 2.60 bits per heavy atom. The van der Waals surface area contributed by atoms with E-state index in [1.165, 1.54) is 4.57 Å². The number of benzene rings is 2. The number of aromatic nitrogens is 4. The zero-order valence-corrected chi connectivity index (χ0v) is 17.1. The summed E-state index contributed by atoms with van der Waals surface area (Å²) in [6, 6.07) is 4.38. The number of piperidine rings is 1. The maximum absolute atomic E-state index is 12.5. The van der Waals surface area contributed by atoms with Crippen molar-refractivity contribution in [2.75, 3.05) is 19.6 Å². The van der Waals surface area contributed by atoms with Crippen molar-refractivity contribution in [3.8, 4) is 0 Å². The molecule has 0 spiro atoms. The van der Waals surface area contributed by atoms with Gasteiger partial charge in [0.2, 0.25) is 0 Å². The van der Waals surface area contributed by atoms with Crippen molar-refractivity contribution in [1.29, 1.82) is 0 Å². The molecular weight excluding hydrogens is 402 g/mol. The van der Waals surface area contributed by atoms with Crippen molar-refractivity contribution in [3.63, 3.8) is 0 Å². The minimum absolute atomic E-state index is 0.103. The smallest absolute Gasteiger partial charge is 0.306 e. The highest BCUT2D eigenvalue weighted by atomic mass is 35.5. The van der Waals surface area contributed by atoms with E-state index in [0.717, 1.165) is 43.5 Å². The Bertz CT molecular complexity index is 1510. The molecule has 4 aromatic rings. The predicted molar refractivity (Wildman–Crippen MR) is 119 cm³/mol. The molecule has 1 fully saturated rings. The molecule has 1 saturated heterocycles. The molecule has 8 heteroatoms. The quantitative estimate of drug-likeness (QED) is 0.510. The van der Waals surface area contributed by atoms with E-state index in [4.69, 9.17) is 17.1 Å². The fraction of sp³-hybridized carbons (Fsp3) is 0.364. The Hall–Kier alpha value is -2.77. The van der Waals surface area contributed by atoms with Crippen molar-refractivity contribution >= 4 is 33.7 Å². The Kier molecular flexibility index (Phi) is 3.93. The molecule has 3 heterocycles. The van der Waals surface area contributed by atoms with Crippen LogP contribution in [-0.4, -0.2) is 43.6 Å². The number of halogens is 1. The maximum Gasteiger partial charge on any atom is 0.326 e. The Morgan fingerprint density at radius 2 is 1.77 bits per heavy atom. The van der Waals surface area contributed by atoms with Crippen LogP contribution >= 0.6 is 11.6 Å². The van der Waals surface area contributed by atoms with E-state index in [1.807, 2.05) is 10.6 Å². The van der Waals surface area contributed by atoms with Crippen LogP contribution in [0, 0.1) is 0 Å². The van der Waals surface area contributed by atoms with Gasteiger partial charge in [0.25, 0.3) is 0 Å². The topological polar surface area (TPSA) is 78.8 Å². The molecule has 1 aliphatic rings. The molecule has 2 aromatic heterocycles. The predicted octanol–water partition coefficient (Wildman–Crippen LogP) is 3.35. The molecule has 0 radical (unpaired) electrons. The van der Waals surface area contributed by atoms with Crippen LogP contribution in [0.25, 0.3) is 22.1 Å². The highest BCUT2D eigenvalue weighted by Gasteiger charge is 2.23. The third-order valence-electron chi connectivity index (χ3n) is 5.87. The number of aryl methyl sites for hydroxylation is 1. The lowest BCUT2D eigenvalue weighted by Crippen LogP contribution is -2.37. The normalized spacial score (nSPS) is 17.9. The summed E-state index contributed by atoms with van der Waals surface area (Å²) in [4.78, 5) is 32.7. The molecule has 2 aromatic carbocycles. The number of fused-ring (bicyclic) bond motifs is 2. The first-order valence-corrected chi connectivity index (χ1v) is 10.4. The van der Waals surface area contributed by atoms with Crippen LogP contribution in [0.2, 0.25) is 5.02 Å². The van der Waals surface area contributed by atoms with Crippen LogP contribution in [0.1, 0.15) is 30.8 Å². The molecule has 7 nitrogen and oxygen atoms in total. The van der Waals surface area contributed by atoms with Gasteiger partial charge in [-0.2, -0.15) is 0 Å². The fourth-order valence-corrected chi connectivity index (χ4v) is 4.58. The number of nitrogens with zero attached hydrogens (tertiary/aromatic N) is 3. The van der Waals surface area contributed by atoms with Crippen molar-refractivity contribution < 1.29 is 5.48 Å². The van der Waals surface area contributed by atoms with E-state index in [-0.39, 0.29) is 46.9 Å². The summed E-state index contributed by atoms with van der Waals surface area (Å²) < 4.78 is 35.1. The van der Waals surface area contributed by atoms with E-state index in [1.54, 1.807) is 12.1 Å². The number of hydrogen-bond acceptors (Lipinski definition) is 3. The molecule has 156 valence electrons. The standard InChI is InChI=1S/C22H24ClN5O2/c23-15-6-7-20-18(14-15)25-22(30)28(20)16-8-12-26(13-9-16)10-3-11-27-19-5-2-1-4-17(19)24-21(27)29/h1-2,4-7,14,16H,3,8-13H2,(H,24,29)(H,25,30)/i1D,2D,4D,5D. The van der Waals surface area contributed by atoms with Gasteiger partial charge in [-0.15, -0.1) is 0 Å². The monoisotopic (exact) mass is 429 g/mol. The lowest BCUT2D eigenvalue weighted by atomic mass is 10.0. The van der Waals surface area contributed by atoms with Crippen molar-refractivity contribution in [1.82, 2.24) is 24.0 Å². The number of imidazole rings is 2. The van der Waals surface area contributed by atoms with E-state index < -0.39 is 5.69 Å². The zero-order chi connectivity index (χ0) is 24.1. The number of nitrogens with one attached hydrogen (secondary N) is 2. The van der Waals surface area contributed by atoms with Crippen LogP contribution in [-0.2, 0) is 6.54 Å². The summed E-state index contributed by atoms with van der Waals surface area (Å²) >= 11 is 6.04. The van der Waals surface area contributed by atoms with Crippen LogP contribution in [0.4, 0.5) is 0 Å². The van der Waals surface area contributed by atoms with Gasteiger partial charge in [0, 0.05) is 30.7 Å². The molecule has 0 saturated carbocycles. The minimum atomic E-state index is -0.431. The molecule has 30 heavy (non-hydrogen) atoms. The van der Waals surface area contributed by atoms with Crippen LogP contribution in [0.3, 0.4) is 0 Å². The molecule has 0 bridgehead atoms. The van der Waals surface area contributed by atoms with Crippen LogP contribution in [0.5, 0.6) is 0 Å². The summed E-state index contributed by atoms with van der Waals surface area (Å²) in [6.45, 7) is 2.73. The Morgan fingerprint density at radius 1 is 1.00 bits per heavy atom. The fourth-order valence-electron chi connectivity index (χ4n) is 4.41. The number of aromatic amines is 2. The summed E-state index contributed by atoms with van der Waals surface area (Å²) in [7, 11) is 0. The molecule has 2 N–H and O–H groups in total. The van der Waals surface area contributed by atoms with E-state index in [9.17, 15) is 9.59 Å². The van der Waals surface area contributed by atoms with Gasteiger partial charge in [0.1, 0.15) is 0 Å². The van der Waals surface area contributed by atoms with Crippen LogP contribution in [0.15, 0.2) is 52.0 Å². The summed E-state index contributed by atoms with van der Waals surface area (Å²) in [5, 5.41) is 0.584. The summed E-state index contributed by atoms with van der Waals surface area (Å²) in [6.07, 6.45) is 2.32. The van der Waals surface area contributed by atoms with E-state index >= 15 is 0 Å². The summed E-state index contributed by atoms with van der Waals surface area (Å²) in [5.41, 5.74) is 1.40. The number of para-hydroxylation sites is 2. The van der Waals surface area contributed by atoms with Gasteiger partial charge in [-0.3, -0.25) is 9.13 Å². The van der Waals surface area contributed by atoms with Gasteiger partial charge in [0.15, 0.2) is 0 Å². The average Bonchev–Trinajstić information content (AvgIpc) is 3.32. The first kappa shape index (κ1) is 15.1. The second-order valence-corrected chi connectivity index (χ2v) is 8.13. The van der Waals surface area contributed by atoms with Crippen molar-refractivity contribution in [3.05, 3.63) is 68.4 Å². The minimum Gasteiger partial charge on any atom is -0.306 e. The third-order valence-corrected chi connectivity index (χ3v) is 6.11. The largest absolute Gasteiger partial charge is 0.326 e. The van der Waals surface area contributed by atoms with Gasteiger partial charge in [-0.25, -0.2) is 9.59 Å². The van der Waals surface area contributed by atoms with Gasteiger partial charge in [-0.05, 0) is 56.1 Å². The SMILES string of the molecule is [2H]c1c([2H])c([2H])c2c([nH]c(=O)n2CCCN2CCC(n3c(=O)[nH]c4cc(Cl)ccc43)CC2)c1[2H]. The zero-order valence-electron chi connectivity index (χ0n) is 20.3. The van der Waals surface area contributed by atoms with Gasteiger partial charge in [-0.1, -0.05) is 23.7 Å². The Balaban J connectivity index is 1.25. The highest BCUT2D eigenvalue weighted by molar-refractivity contribution is 6.31. The van der Waals surface area contributed by atoms with E-state index in [2.05, 4.69) is 14.9 Å². The third kappa shape index (κ3) is 3.48. The molecule has 0 unspecified atom stereocenters. The Labute approximate surface area is 183 Å². The summed E-state index contributed by atoms with van der Waals surface area (Å²) in [5.74, 6) is 0. The van der Waals surface area contributed by atoms with Crippen LogP contribution < -0.4 is 11.4 Å². The average molecular weight is 430 g/mol. The maximum atomic E-state index is 12.5. The van der Waals surface area contributed by atoms with Gasteiger partial charge in [0.05, 0.1) is 27.5 Å². The van der Waals surface area contributed by atoms with Crippen molar-refractivity contribution in [2.24, 2.45) is 0 Å². The lowest BCUT2D eigenvalue weighted by Gasteiger charge is -2.32. The van der Waals surface area contributed by atoms with E-state index in [0.29, 0.717) is 18.0 Å². The molecular formula is C22H24ClN5O2. The number of rotatable bonds is 5. The molecule has 0 atom stereocenters. The molecule has 1 aliphatic heterocycles. The molecule has 0 aliphatic carbocycles. The second kappa shape index (κ2) is 7.81. The van der Waals surface area contributed by atoms with Gasteiger partial charge < -0.3 is 14.9 Å². The molecule has 0 amide bonds.